The maximum absolute atomic E-state index is 11.6. The largest absolute Gasteiger partial charge is 0.465 e. The fourth-order valence-corrected chi connectivity index (χ4v) is 3.99. The number of carbonyl (C=O) groups is 1. The number of benzene rings is 5. The quantitative estimate of drug-likeness (QED) is 0.187. The Morgan fingerprint density at radius 1 is 0.667 bits per heavy atom. The van der Waals surface area contributed by atoms with Gasteiger partial charge in [-0.25, -0.2) is 4.79 Å². The van der Waals surface area contributed by atoms with Crippen LogP contribution < -0.4 is 0 Å². The van der Waals surface area contributed by atoms with E-state index in [9.17, 15) is 4.79 Å². The van der Waals surface area contributed by atoms with Crippen LogP contribution >= 0.6 is 0 Å². The van der Waals surface area contributed by atoms with Crippen molar-refractivity contribution < 1.29 is 9.53 Å². The summed E-state index contributed by atoms with van der Waals surface area (Å²) in [6.45, 7) is 0. The highest BCUT2D eigenvalue weighted by molar-refractivity contribution is 6.20. The SMILES string of the molecule is COC(=O)c1ccc(/C=C\c2ccc3ccc4ccc5ccccc5c4c3c2)cc1. The zero-order valence-electron chi connectivity index (χ0n) is 16.6. The molecular weight excluding hydrogens is 368 g/mol. The van der Waals surface area contributed by atoms with E-state index in [2.05, 4.69) is 78.9 Å². The molecule has 0 aliphatic carbocycles. The third-order valence-corrected chi connectivity index (χ3v) is 5.55. The smallest absolute Gasteiger partial charge is 0.337 e. The second kappa shape index (κ2) is 7.49. The standard InChI is InChI=1S/C28H20O2/c1-30-28(29)24-12-8-19(9-13-24)6-7-20-10-11-22-15-17-23-16-14-21-4-2-3-5-25(21)27(23)26(22)18-20/h2-18H,1H3/b7-6-. The average Bonchev–Trinajstić information content (AvgIpc) is 2.82. The van der Waals surface area contributed by atoms with E-state index in [0.717, 1.165) is 11.1 Å². The second-order valence-corrected chi connectivity index (χ2v) is 7.38. The summed E-state index contributed by atoms with van der Waals surface area (Å²) in [5, 5.41) is 7.57. The summed E-state index contributed by atoms with van der Waals surface area (Å²) in [7, 11) is 1.39. The number of rotatable bonds is 3. The summed E-state index contributed by atoms with van der Waals surface area (Å²) >= 11 is 0. The number of fused-ring (bicyclic) bond motifs is 5. The van der Waals surface area contributed by atoms with Crippen molar-refractivity contribution in [2.24, 2.45) is 0 Å². The van der Waals surface area contributed by atoms with Gasteiger partial charge < -0.3 is 4.74 Å². The Morgan fingerprint density at radius 2 is 1.27 bits per heavy atom. The topological polar surface area (TPSA) is 26.3 Å². The first-order chi connectivity index (χ1) is 14.7. The van der Waals surface area contributed by atoms with Crippen molar-refractivity contribution in [3.8, 4) is 0 Å². The van der Waals surface area contributed by atoms with E-state index in [1.54, 1.807) is 12.1 Å². The average molecular weight is 388 g/mol. The normalized spacial score (nSPS) is 11.5. The van der Waals surface area contributed by atoms with E-state index in [-0.39, 0.29) is 5.97 Å². The number of hydrogen-bond acceptors (Lipinski definition) is 2. The highest BCUT2D eigenvalue weighted by atomic mass is 16.5. The molecule has 0 spiro atoms. The molecule has 0 fully saturated rings. The molecule has 2 heteroatoms. The Balaban J connectivity index is 1.58. The van der Waals surface area contributed by atoms with Gasteiger partial charge in [0.05, 0.1) is 12.7 Å². The third-order valence-electron chi connectivity index (χ3n) is 5.55. The summed E-state index contributed by atoms with van der Waals surface area (Å²) in [5.74, 6) is -0.320. The molecule has 0 heterocycles. The monoisotopic (exact) mass is 388 g/mol. The van der Waals surface area contributed by atoms with Gasteiger partial charge in [-0.2, -0.15) is 0 Å². The van der Waals surface area contributed by atoms with Crippen LogP contribution in [0.2, 0.25) is 0 Å². The van der Waals surface area contributed by atoms with E-state index in [0.29, 0.717) is 5.56 Å². The first-order valence-electron chi connectivity index (χ1n) is 9.94. The van der Waals surface area contributed by atoms with Gasteiger partial charge in [0.1, 0.15) is 0 Å². The van der Waals surface area contributed by atoms with Crippen molar-refractivity contribution in [2.45, 2.75) is 0 Å². The van der Waals surface area contributed by atoms with Crippen LogP contribution in [0.1, 0.15) is 21.5 Å². The molecule has 144 valence electrons. The molecule has 5 rings (SSSR count). The summed E-state index contributed by atoms with van der Waals surface area (Å²) in [6.07, 6.45) is 4.17. The molecule has 0 aliphatic rings. The molecule has 5 aromatic rings. The molecule has 0 aromatic heterocycles. The second-order valence-electron chi connectivity index (χ2n) is 7.38. The van der Waals surface area contributed by atoms with Crippen LogP contribution in [0, 0.1) is 0 Å². The van der Waals surface area contributed by atoms with Crippen LogP contribution in [0.5, 0.6) is 0 Å². The molecular formula is C28H20O2. The zero-order chi connectivity index (χ0) is 20.5. The Hall–Kier alpha value is -3.91. The van der Waals surface area contributed by atoms with Crippen LogP contribution in [0.4, 0.5) is 0 Å². The van der Waals surface area contributed by atoms with Gasteiger partial charge in [-0.05, 0) is 61.6 Å². The van der Waals surface area contributed by atoms with E-state index in [1.165, 1.54) is 39.4 Å². The number of ether oxygens (including phenoxy) is 1. The summed E-state index contributed by atoms with van der Waals surface area (Å²) in [4.78, 5) is 11.6. The Bertz CT molecular complexity index is 1420. The van der Waals surface area contributed by atoms with Gasteiger partial charge in [-0.3, -0.25) is 0 Å². The van der Waals surface area contributed by atoms with Crippen LogP contribution in [0.15, 0.2) is 91.0 Å². The van der Waals surface area contributed by atoms with Crippen LogP contribution in [-0.2, 0) is 4.74 Å². The number of carbonyl (C=O) groups excluding carboxylic acids is 1. The third kappa shape index (κ3) is 3.23. The molecule has 0 atom stereocenters. The lowest BCUT2D eigenvalue weighted by atomic mass is 9.95. The molecule has 0 saturated carbocycles. The summed E-state index contributed by atoms with van der Waals surface area (Å²) in [6, 6.07) is 31.3. The molecule has 0 aliphatic heterocycles. The molecule has 0 radical (unpaired) electrons. The van der Waals surface area contributed by atoms with Crippen molar-refractivity contribution in [2.75, 3.05) is 7.11 Å². The molecule has 0 amide bonds. The first-order valence-corrected chi connectivity index (χ1v) is 9.94. The fraction of sp³-hybridized carbons (Fsp3) is 0.0357. The van der Waals surface area contributed by atoms with Crippen molar-refractivity contribution in [1.82, 2.24) is 0 Å². The predicted octanol–water partition coefficient (Wildman–Crippen LogP) is 7.10. The van der Waals surface area contributed by atoms with Crippen LogP contribution in [0.25, 0.3) is 44.5 Å². The molecule has 30 heavy (non-hydrogen) atoms. The highest BCUT2D eigenvalue weighted by Crippen LogP contribution is 2.32. The summed E-state index contributed by atoms with van der Waals surface area (Å²) < 4.78 is 4.76. The Kier molecular flexibility index (Phi) is 4.53. The van der Waals surface area contributed by atoms with Crippen LogP contribution in [0.3, 0.4) is 0 Å². The maximum atomic E-state index is 11.6. The van der Waals surface area contributed by atoms with Gasteiger partial charge in [0.15, 0.2) is 0 Å². The number of hydrogen-bond donors (Lipinski definition) is 0. The number of esters is 1. The Morgan fingerprint density at radius 3 is 2.03 bits per heavy atom. The molecule has 0 N–H and O–H groups in total. The van der Waals surface area contributed by atoms with Gasteiger partial charge in [0, 0.05) is 0 Å². The lowest BCUT2D eigenvalue weighted by molar-refractivity contribution is 0.0600. The van der Waals surface area contributed by atoms with Crippen molar-refractivity contribution >= 4 is 50.4 Å². The lowest BCUT2D eigenvalue weighted by Crippen LogP contribution is -2.00. The van der Waals surface area contributed by atoms with E-state index in [4.69, 9.17) is 4.74 Å². The van der Waals surface area contributed by atoms with Gasteiger partial charge in [0.2, 0.25) is 0 Å². The van der Waals surface area contributed by atoms with Gasteiger partial charge >= 0.3 is 5.97 Å². The van der Waals surface area contributed by atoms with E-state index in [1.807, 2.05) is 12.1 Å². The van der Waals surface area contributed by atoms with E-state index < -0.39 is 0 Å². The zero-order valence-corrected chi connectivity index (χ0v) is 16.6. The van der Waals surface area contributed by atoms with Gasteiger partial charge in [-0.15, -0.1) is 0 Å². The van der Waals surface area contributed by atoms with Crippen molar-refractivity contribution in [1.29, 1.82) is 0 Å². The minimum Gasteiger partial charge on any atom is -0.465 e. The minimum absolute atomic E-state index is 0.320. The summed E-state index contributed by atoms with van der Waals surface area (Å²) in [5.41, 5.74) is 2.73. The molecule has 0 unspecified atom stereocenters. The maximum Gasteiger partial charge on any atom is 0.337 e. The van der Waals surface area contributed by atoms with Gasteiger partial charge in [-0.1, -0.05) is 84.9 Å². The van der Waals surface area contributed by atoms with Crippen LogP contribution in [-0.4, -0.2) is 13.1 Å². The highest BCUT2D eigenvalue weighted by Gasteiger charge is 2.06. The first kappa shape index (κ1) is 18.1. The van der Waals surface area contributed by atoms with Crippen molar-refractivity contribution in [3.63, 3.8) is 0 Å². The molecule has 0 bridgehead atoms. The van der Waals surface area contributed by atoms with E-state index >= 15 is 0 Å². The lowest BCUT2D eigenvalue weighted by Gasteiger charge is -2.09. The number of methoxy groups -OCH3 is 1. The fourth-order valence-electron chi connectivity index (χ4n) is 3.99. The van der Waals surface area contributed by atoms with Crippen molar-refractivity contribution in [3.05, 3.63) is 108 Å². The predicted molar refractivity (Wildman–Crippen MR) is 126 cm³/mol. The Labute approximate surface area is 175 Å². The van der Waals surface area contributed by atoms with Gasteiger partial charge in [0.25, 0.3) is 0 Å². The molecule has 0 saturated heterocycles. The molecule has 2 nitrogen and oxygen atoms in total. The molecule has 5 aromatic carbocycles. The minimum atomic E-state index is -0.320.